The zero-order valence-electron chi connectivity index (χ0n) is 9.96. The van der Waals surface area contributed by atoms with E-state index in [-0.39, 0.29) is 12.0 Å². The maximum atomic E-state index is 11.5. The van der Waals surface area contributed by atoms with Gasteiger partial charge in [-0.15, -0.1) is 0 Å². The highest BCUT2D eigenvalue weighted by Crippen LogP contribution is 2.01. The van der Waals surface area contributed by atoms with Gasteiger partial charge in [0.15, 0.2) is 0 Å². The summed E-state index contributed by atoms with van der Waals surface area (Å²) in [5, 5.41) is 6.15. The third-order valence-electron chi connectivity index (χ3n) is 2.51. The SMILES string of the molecule is CSCCCCNC(=O)CC1CNCCO1. The van der Waals surface area contributed by atoms with E-state index in [0.717, 1.165) is 26.1 Å². The second-order valence-corrected chi connectivity index (χ2v) is 4.94. The summed E-state index contributed by atoms with van der Waals surface area (Å²) < 4.78 is 5.47. The third-order valence-corrected chi connectivity index (χ3v) is 3.21. The van der Waals surface area contributed by atoms with Crippen LogP contribution < -0.4 is 10.6 Å². The van der Waals surface area contributed by atoms with E-state index in [9.17, 15) is 4.79 Å². The molecule has 4 nitrogen and oxygen atoms in total. The number of hydrogen-bond donors (Lipinski definition) is 2. The van der Waals surface area contributed by atoms with Gasteiger partial charge in [-0.05, 0) is 24.9 Å². The van der Waals surface area contributed by atoms with Crippen molar-refractivity contribution < 1.29 is 9.53 Å². The van der Waals surface area contributed by atoms with Gasteiger partial charge in [0, 0.05) is 19.6 Å². The minimum absolute atomic E-state index is 0.0555. The monoisotopic (exact) mass is 246 g/mol. The molecule has 0 aromatic heterocycles. The van der Waals surface area contributed by atoms with Crippen LogP contribution in [-0.4, -0.2) is 50.3 Å². The van der Waals surface area contributed by atoms with Gasteiger partial charge in [-0.3, -0.25) is 4.79 Å². The first kappa shape index (κ1) is 13.8. The van der Waals surface area contributed by atoms with Crippen LogP contribution in [0.3, 0.4) is 0 Å². The molecule has 1 saturated heterocycles. The van der Waals surface area contributed by atoms with Gasteiger partial charge in [0.2, 0.25) is 5.91 Å². The number of thioether (sulfide) groups is 1. The molecule has 0 spiro atoms. The fourth-order valence-corrected chi connectivity index (χ4v) is 2.12. The van der Waals surface area contributed by atoms with Crippen molar-refractivity contribution in [3.8, 4) is 0 Å². The van der Waals surface area contributed by atoms with E-state index in [1.165, 1.54) is 12.2 Å². The highest BCUT2D eigenvalue weighted by atomic mass is 32.2. The van der Waals surface area contributed by atoms with Crippen LogP contribution >= 0.6 is 11.8 Å². The number of hydrogen-bond acceptors (Lipinski definition) is 4. The number of ether oxygens (including phenoxy) is 1. The first-order chi connectivity index (χ1) is 7.83. The topological polar surface area (TPSA) is 50.4 Å². The predicted molar refractivity (Wildman–Crippen MR) is 67.9 cm³/mol. The molecule has 0 aliphatic carbocycles. The second kappa shape index (κ2) is 8.84. The van der Waals surface area contributed by atoms with E-state index in [2.05, 4.69) is 16.9 Å². The largest absolute Gasteiger partial charge is 0.375 e. The summed E-state index contributed by atoms with van der Waals surface area (Å²) in [6, 6.07) is 0. The normalized spacial score (nSPS) is 20.7. The Labute approximate surface area is 102 Å². The molecule has 0 aromatic carbocycles. The Morgan fingerprint density at radius 1 is 1.56 bits per heavy atom. The van der Waals surface area contributed by atoms with Crippen molar-refractivity contribution in [2.75, 3.05) is 38.2 Å². The van der Waals surface area contributed by atoms with Crippen LogP contribution in [-0.2, 0) is 9.53 Å². The average molecular weight is 246 g/mol. The van der Waals surface area contributed by atoms with E-state index in [4.69, 9.17) is 4.74 Å². The summed E-state index contributed by atoms with van der Waals surface area (Å²) in [6.45, 7) is 3.19. The summed E-state index contributed by atoms with van der Waals surface area (Å²) in [6.07, 6.45) is 4.88. The fraction of sp³-hybridized carbons (Fsp3) is 0.909. The van der Waals surface area contributed by atoms with E-state index >= 15 is 0 Å². The summed E-state index contributed by atoms with van der Waals surface area (Å²) in [7, 11) is 0. The smallest absolute Gasteiger partial charge is 0.222 e. The van der Waals surface area contributed by atoms with Crippen molar-refractivity contribution >= 4 is 17.7 Å². The van der Waals surface area contributed by atoms with Crippen molar-refractivity contribution in [1.29, 1.82) is 0 Å². The number of unbranched alkanes of at least 4 members (excludes halogenated alkanes) is 1. The summed E-state index contributed by atoms with van der Waals surface area (Å²) in [5.41, 5.74) is 0. The second-order valence-electron chi connectivity index (χ2n) is 3.95. The highest BCUT2D eigenvalue weighted by molar-refractivity contribution is 7.98. The molecule has 1 rings (SSSR count). The zero-order chi connectivity index (χ0) is 11.6. The number of carbonyl (C=O) groups excluding carboxylic acids is 1. The van der Waals surface area contributed by atoms with E-state index in [0.29, 0.717) is 13.0 Å². The first-order valence-electron chi connectivity index (χ1n) is 5.91. The Morgan fingerprint density at radius 3 is 3.12 bits per heavy atom. The molecule has 1 unspecified atom stereocenters. The number of nitrogens with one attached hydrogen (secondary N) is 2. The van der Waals surface area contributed by atoms with Crippen molar-refractivity contribution in [2.24, 2.45) is 0 Å². The number of amides is 1. The van der Waals surface area contributed by atoms with Gasteiger partial charge in [0.05, 0.1) is 19.1 Å². The standard InChI is InChI=1S/C11H22N2O2S/c1-16-7-3-2-4-13-11(14)8-10-9-12-5-6-15-10/h10,12H,2-9H2,1H3,(H,13,14). The lowest BCUT2D eigenvalue weighted by Crippen LogP contribution is -2.41. The number of carbonyl (C=O) groups is 1. The van der Waals surface area contributed by atoms with Gasteiger partial charge >= 0.3 is 0 Å². The van der Waals surface area contributed by atoms with Crippen molar-refractivity contribution in [3.63, 3.8) is 0 Å². The van der Waals surface area contributed by atoms with Gasteiger partial charge in [0.25, 0.3) is 0 Å². The van der Waals surface area contributed by atoms with Gasteiger partial charge in [-0.1, -0.05) is 0 Å². The Balaban J connectivity index is 1.97. The predicted octanol–water partition coefficient (Wildman–Crippen LogP) is 0.624. The minimum Gasteiger partial charge on any atom is -0.375 e. The maximum Gasteiger partial charge on any atom is 0.222 e. The van der Waals surface area contributed by atoms with E-state index in [1.807, 2.05) is 11.8 Å². The van der Waals surface area contributed by atoms with E-state index in [1.54, 1.807) is 0 Å². The van der Waals surface area contributed by atoms with Crippen molar-refractivity contribution in [3.05, 3.63) is 0 Å². The molecule has 1 fully saturated rings. The van der Waals surface area contributed by atoms with Crippen LogP contribution in [0.25, 0.3) is 0 Å². The Hall–Kier alpha value is -0.260. The molecule has 0 aromatic rings. The first-order valence-corrected chi connectivity index (χ1v) is 7.30. The van der Waals surface area contributed by atoms with Crippen molar-refractivity contribution in [2.45, 2.75) is 25.4 Å². The Bertz CT molecular complexity index is 196. The van der Waals surface area contributed by atoms with Crippen LogP contribution in [0, 0.1) is 0 Å². The molecule has 1 aliphatic rings. The lowest BCUT2D eigenvalue weighted by Gasteiger charge is -2.23. The Kier molecular flexibility index (Phi) is 7.63. The molecular formula is C11H22N2O2S. The van der Waals surface area contributed by atoms with Gasteiger partial charge < -0.3 is 15.4 Å². The molecular weight excluding hydrogens is 224 g/mol. The molecule has 0 bridgehead atoms. The molecule has 16 heavy (non-hydrogen) atoms. The third kappa shape index (κ3) is 6.35. The maximum absolute atomic E-state index is 11.5. The van der Waals surface area contributed by atoms with Crippen LogP contribution in [0.15, 0.2) is 0 Å². The molecule has 2 N–H and O–H groups in total. The van der Waals surface area contributed by atoms with Crippen LogP contribution in [0.2, 0.25) is 0 Å². The van der Waals surface area contributed by atoms with Crippen LogP contribution in [0.1, 0.15) is 19.3 Å². The van der Waals surface area contributed by atoms with Crippen LogP contribution in [0.5, 0.6) is 0 Å². The van der Waals surface area contributed by atoms with Crippen LogP contribution in [0.4, 0.5) is 0 Å². The van der Waals surface area contributed by atoms with E-state index < -0.39 is 0 Å². The quantitative estimate of drug-likeness (QED) is 0.647. The summed E-state index contributed by atoms with van der Waals surface area (Å²) in [4.78, 5) is 11.5. The Morgan fingerprint density at radius 2 is 2.44 bits per heavy atom. The molecule has 0 saturated carbocycles. The molecule has 1 atom stereocenters. The molecule has 0 radical (unpaired) electrons. The van der Waals surface area contributed by atoms with Gasteiger partial charge in [-0.25, -0.2) is 0 Å². The average Bonchev–Trinajstić information content (AvgIpc) is 2.30. The number of morpholine rings is 1. The molecule has 1 amide bonds. The fourth-order valence-electron chi connectivity index (χ4n) is 1.63. The molecule has 94 valence electrons. The lowest BCUT2D eigenvalue weighted by atomic mass is 10.2. The van der Waals surface area contributed by atoms with Gasteiger partial charge in [0.1, 0.15) is 0 Å². The minimum atomic E-state index is 0.0555. The summed E-state index contributed by atoms with van der Waals surface area (Å²) >= 11 is 1.85. The summed E-state index contributed by atoms with van der Waals surface area (Å²) in [5.74, 6) is 1.28. The lowest BCUT2D eigenvalue weighted by molar-refractivity contribution is -0.124. The highest BCUT2D eigenvalue weighted by Gasteiger charge is 2.16. The van der Waals surface area contributed by atoms with Crippen molar-refractivity contribution in [1.82, 2.24) is 10.6 Å². The molecule has 5 heteroatoms. The molecule has 1 heterocycles. The zero-order valence-corrected chi connectivity index (χ0v) is 10.8. The number of rotatable bonds is 7. The van der Waals surface area contributed by atoms with Gasteiger partial charge in [-0.2, -0.15) is 11.8 Å². The molecule has 1 aliphatic heterocycles.